The van der Waals surface area contributed by atoms with Gasteiger partial charge in [0.05, 0.1) is 18.0 Å². The zero-order chi connectivity index (χ0) is 20.2. The van der Waals surface area contributed by atoms with Gasteiger partial charge in [-0.05, 0) is 42.0 Å². The third-order valence-corrected chi connectivity index (χ3v) is 5.59. The molecule has 1 heterocycles. The molecule has 1 N–H and O–H groups in total. The van der Waals surface area contributed by atoms with Gasteiger partial charge in [0.25, 0.3) is 0 Å². The van der Waals surface area contributed by atoms with Crippen LogP contribution in [0.5, 0.6) is 5.75 Å². The van der Waals surface area contributed by atoms with Gasteiger partial charge in [0.15, 0.2) is 5.16 Å². The summed E-state index contributed by atoms with van der Waals surface area (Å²) in [5.41, 5.74) is 1.59. The summed E-state index contributed by atoms with van der Waals surface area (Å²) in [6.07, 6.45) is 1.62. The topological polar surface area (TPSA) is 69.0 Å². The fourth-order valence-electron chi connectivity index (χ4n) is 3.02. The Bertz CT molecular complexity index is 1160. The summed E-state index contributed by atoms with van der Waals surface area (Å²) in [5.74, 6) is 0.613. The van der Waals surface area contributed by atoms with Gasteiger partial charge in [-0.3, -0.25) is 9.36 Å². The third kappa shape index (κ3) is 4.09. The van der Waals surface area contributed by atoms with E-state index in [4.69, 9.17) is 4.74 Å². The number of hydrogen-bond donors (Lipinski definition) is 1. The zero-order valence-electron chi connectivity index (χ0n) is 16.1. The van der Waals surface area contributed by atoms with Gasteiger partial charge in [-0.1, -0.05) is 54.2 Å². The first-order valence-corrected chi connectivity index (χ1v) is 10.0. The molecule has 0 spiro atoms. The number of carbonyl (C=O) groups is 1. The first-order chi connectivity index (χ1) is 14.2. The molecule has 0 radical (unpaired) electrons. The summed E-state index contributed by atoms with van der Waals surface area (Å²) in [5, 5.41) is 13.7. The van der Waals surface area contributed by atoms with E-state index in [-0.39, 0.29) is 11.2 Å². The standard InChI is InChI=1S/C22H20N4O2S/c1-15(21(27)24-18-12-11-16-7-3-4-8-17(16)13-18)29-22-25-23-14-26(22)19-9-5-6-10-20(19)28-2/h3-15H,1-2H3,(H,24,27)/t15-/m0/s1. The van der Waals surface area contributed by atoms with Crippen molar-refractivity contribution in [3.63, 3.8) is 0 Å². The molecule has 0 aliphatic rings. The van der Waals surface area contributed by atoms with Crippen LogP contribution in [-0.4, -0.2) is 33.0 Å². The normalized spacial score (nSPS) is 11.9. The first-order valence-electron chi connectivity index (χ1n) is 9.15. The number of thioether (sulfide) groups is 1. The predicted molar refractivity (Wildman–Crippen MR) is 116 cm³/mol. The Balaban J connectivity index is 1.50. The lowest BCUT2D eigenvalue weighted by atomic mass is 10.1. The molecule has 0 aliphatic carbocycles. The number of anilines is 1. The van der Waals surface area contributed by atoms with Gasteiger partial charge in [0.1, 0.15) is 12.1 Å². The number of rotatable bonds is 6. The number of methoxy groups -OCH3 is 1. The highest BCUT2D eigenvalue weighted by Crippen LogP contribution is 2.29. The molecule has 0 saturated carbocycles. The third-order valence-electron chi connectivity index (χ3n) is 4.53. The molecule has 0 saturated heterocycles. The van der Waals surface area contributed by atoms with Crippen LogP contribution in [0.15, 0.2) is 78.2 Å². The fourth-order valence-corrected chi connectivity index (χ4v) is 3.86. The number of fused-ring (bicyclic) bond motifs is 1. The van der Waals surface area contributed by atoms with Crippen molar-refractivity contribution in [3.8, 4) is 11.4 Å². The Morgan fingerprint density at radius 2 is 1.83 bits per heavy atom. The van der Waals surface area contributed by atoms with Crippen LogP contribution in [0, 0.1) is 0 Å². The minimum Gasteiger partial charge on any atom is -0.495 e. The highest BCUT2D eigenvalue weighted by atomic mass is 32.2. The zero-order valence-corrected chi connectivity index (χ0v) is 16.9. The van der Waals surface area contributed by atoms with Crippen LogP contribution in [0.3, 0.4) is 0 Å². The van der Waals surface area contributed by atoms with Crippen molar-refractivity contribution in [3.05, 3.63) is 73.1 Å². The van der Waals surface area contributed by atoms with Gasteiger partial charge < -0.3 is 10.1 Å². The van der Waals surface area contributed by atoms with Crippen molar-refractivity contribution >= 4 is 34.1 Å². The van der Waals surface area contributed by atoms with E-state index in [9.17, 15) is 4.79 Å². The lowest BCUT2D eigenvalue weighted by Gasteiger charge is -2.14. The van der Waals surface area contributed by atoms with E-state index in [2.05, 4.69) is 15.5 Å². The van der Waals surface area contributed by atoms with Gasteiger partial charge in [0.2, 0.25) is 5.91 Å². The molecular weight excluding hydrogens is 384 g/mol. The Morgan fingerprint density at radius 1 is 1.07 bits per heavy atom. The van der Waals surface area contributed by atoms with Gasteiger partial charge in [-0.2, -0.15) is 0 Å². The SMILES string of the molecule is COc1ccccc1-n1cnnc1S[C@@H](C)C(=O)Nc1ccc2ccccc2c1. The number of nitrogens with one attached hydrogen (secondary N) is 1. The van der Waals surface area contributed by atoms with Crippen molar-refractivity contribution < 1.29 is 9.53 Å². The average Bonchev–Trinajstić information content (AvgIpc) is 3.21. The molecule has 146 valence electrons. The minimum absolute atomic E-state index is 0.0974. The molecule has 6 nitrogen and oxygen atoms in total. The van der Waals surface area contributed by atoms with E-state index in [0.29, 0.717) is 10.9 Å². The number of benzene rings is 3. The summed E-state index contributed by atoms with van der Waals surface area (Å²) in [6.45, 7) is 1.85. The van der Waals surface area contributed by atoms with E-state index < -0.39 is 0 Å². The largest absolute Gasteiger partial charge is 0.495 e. The quantitative estimate of drug-likeness (QED) is 0.478. The van der Waals surface area contributed by atoms with E-state index in [0.717, 1.165) is 22.1 Å². The van der Waals surface area contributed by atoms with E-state index in [1.165, 1.54) is 11.8 Å². The van der Waals surface area contributed by atoms with Crippen molar-refractivity contribution in [1.82, 2.24) is 14.8 Å². The van der Waals surface area contributed by atoms with Gasteiger partial charge in [-0.15, -0.1) is 10.2 Å². The molecule has 7 heteroatoms. The number of aromatic nitrogens is 3. The Labute approximate surface area is 172 Å². The number of nitrogens with zero attached hydrogens (tertiary/aromatic N) is 3. The Hall–Kier alpha value is -3.32. The number of carbonyl (C=O) groups excluding carboxylic acids is 1. The van der Waals surface area contributed by atoms with Crippen LogP contribution in [0.2, 0.25) is 0 Å². The van der Waals surface area contributed by atoms with Crippen LogP contribution in [0.4, 0.5) is 5.69 Å². The van der Waals surface area contributed by atoms with Crippen LogP contribution in [-0.2, 0) is 4.79 Å². The molecule has 4 rings (SSSR count). The van der Waals surface area contributed by atoms with Gasteiger partial charge in [-0.25, -0.2) is 0 Å². The summed E-state index contributed by atoms with van der Waals surface area (Å²) < 4.78 is 7.25. The molecule has 29 heavy (non-hydrogen) atoms. The van der Waals surface area contributed by atoms with Crippen molar-refractivity contribution in [1.29, 1.82) is 0 Å². The Kier molecular flexibility index (Phi) is 5.48. The molecule has 1 amide bonds. The summed E-state index contributed by atoms with van der Waals surface area (Å²) in [6, 6.07) is 21.6. The monoisotopic (exact) mass is 404 g/mol. The summed E-state index contributed by atoms with van der Waals surface area (Å²) >= 11 is 1.34. The number of para-hydroxylation sites is 2. The van der Waals surface area contributed by atoms with Crippen LogP contribution in [0.1, 0.15) is 6.92 Å². The molecule has 0 aliphatic heterocycles. The molecule has 0 bridgehead atoms. The molecule has 1 aromatic heterocycles. The van der Waals surface area contributed by atoms with Crippen LogP contribution >= 0.6 is 11.8 Å². The molecule has 0 fully saturated rings. The predicted octanol–water partition coefficient (Wildman–Crippen LogP) is 4.55. The van der Waals surface area contributed by atoms with Gasteiger partial charge >= 0.3 is 0 Å². The van der Waals surface area contributed by atoms with Gasteiger partial charge in [0, 0.05) is 5.69 Å². The maximum Gasteiger partial charge on any atom is 0.237 e. The fraction of sp³-hybridized carbons (Fsp3) is 0.136. The van der Waals surface area contributed by atoms with Crippen molar-refractivity contribution in [2.24, 2.45) is 0 Å². The lowest BCUT2D eigenvalue weighted by Crippen LogP contribution is -2.22. The van der Waals surface area contributed by atoms with E-state index in [1.807, 2.05) is 78.2 Å². The maximum atomic E-state index is 12.7. The van der Waals surface area contributed by atoms with E-state index >= 15 is 0 Å². The maximum absolute atomic E-state index is 12.7. The second-order valence-corrected chi connectivity index (χ2v) is 7.77. The number of ether oxygens (including phenoxy) is 1. The minimum atomic E-state index is -0.362. The molecule has 4 aromatic rings. The second kappa shape index (κ2) is 8.36. The van der Waals surface area contributed by atoms with Crippen LogP contribution < -0.4 is 10.1 Å². The molecular formula is C22H20N4O2S. The molecule has 0 unspecified atom stereocenters. The van der Waals surface area contributed by atoms with Crippen molar-refractivity contribution in [2.75, 3.05) is 12.4 Å². The molecule has 1 atom stereocenters. The summed E-state index contributed by atoms with van der Waals surface area (Å²) in [4.78, 5) is 12.7. The second-order valence-electron chi connectivity index (χ2n) is 6.47. The highest BCUT2D eigenvalue weighted by Gasteiger charge is 2.19. The first kappa shape index (κ1) is 19.0. The van der Waals surface area contributed by atoms with Crippen molar-refractivity contribution in [2.45, 2.75) is 17.3 Å². The average molecular weight is 404 g/mol. The van der Waals surface area contributed by atoms with Crippen LogP contribution in [0.25, 0.3) is 16.5 Å². The van der Waals surface area contributed by atoms with E-state index in [1.54, 1.807) is 13.4 Å². The lowest BCUT2D eigenvalue weighted by molar-refractivity contribution is -0.115. The Morgan fingerprint density at radius 3 is 2.66 bits per heavy atom. The number of hydrogen-bond acceptors (Lipinski definition) is 5. The summed E-state index contributed by atoms with van der Waals surface area (Å²) in [7, 11) is 1.62. The number of amides is 1. The highest BCUT2D eigenvalue weighted by molar-refractivity contribution is 8.00. The smallest absolute Gasteiger partial charge is 0.237 e. The molecule has 3 aromatic carbocycles.